The predicted octanol–water partition coefficient (Wildman–Crippen LogP) is 5.77. The number of hydrogen-bond donors (Lipinski definition) is 1. The van der Waals surface area contributed by atoms with Gasteiger partial charge in [-0.05, 0) is 36.4 Å². The molecule has 1 aromatic carbocycles. The number of aromatic nitrogens is 1. The molecule has 0 bridgehead atoms. The molecule has 0 unspecified atom stereocenters. The smallest absolute Gasteiger partial charge is 0.266 e. The van der Waals surface area contributed by atoms with Crippen LogP contribution in [0, 0.1) is 0 Å². The predicted molar refractivity (Wildman–Crippen MR) is 105 cm³/mol. The normalized spacial score (nSPS) is 11.6. The number of nitrogens with zero attached hydrogens (tertiary/aromatic N) is 1. The average molecular weight is 441 g/mol. The molecule has 0 saturated carbocycles. The first kappa shape index (κ1) is 18.1. The van der Waals surface area contributed by atoms with E-state index in [4.69, 9.17) is 32.0 Å². The number of hydrogen-bond acceptors (Lipinski definition) is 6. The molecule has 3 aromatic heterocycles. The van der Waals surface area contributed by atoms with Crippen molar-refractivity contribution in [2.24, 2.45) is 0 Å². The van der Waals surface area contributed by atoms with Gasteiger partial charge in [0.05, 0.1) is 22.6 Å². The maximum Gasteiger partial charge on any atom is 0.266 e. The highest BCUT2D eigenvalue weighted by atomic mass is 35.5. The fraction of sp³-hybridized carbons (Fsp3) is 0. The Labute approximate surface area is 168 Å². The van der Waals surface area contributed by atoms with Gasteiger partial charge in [0, 0.05) is 0 Å². The van der Waals surface area contributed by atoms with Crippen molar-refractivity contribution in [3.05, 3.63) is 65.0 Å². The van der Waals surface area contributed by atoms with Crippen LogP contribution in [0.4, 0.5) is 5.13 Å². The number of anilines is 1. The van der Waals surface area contributed by atoms with Gasteiger partial charge >= 0.3 is 0 Å². The van der Waals surface area contributed by atoms with E-state index in [2.05, 4.69) is 9.71 Å². The molecule has 0 atom stereocenters. The zero-order valence-electron chi connectivity index (χ0n) is 13.3. The summed E-state index contributed by atoms with van der Waals surface area (Å²) in [6.45, 7) is 0. The number of halogens is 2. The van der Waals surface area contributed by atoms with Gasteiger partial charge < -0.3 is 8.83 Å². The van der Waals surface area contributed by atoms with Crippen molar-refractivity contribution in [2.75, 3.05) is 4.72 Å². The molecule has 10 heteroatoms. The van der Waals surface area contributed by atoms with Crippen LogP contribution in [-0.4, -0.2) is 13.4 Å². The molecule has 6 nitrogen and oxygen atoms in total. The lowest BCUT2D eigenvalue weighted by atomic mass is 10.2. The summed E-state index contributed by atoms with van der Waals surface area (Å²) in [6.07, 6.45) is 3.03. The van der Waals surface area contributed by atoms with E-state index in [1.807, 2.05) is 0 Å². The second-order valence-corrected chi connectivity index (χ2v) is 8.74. The number of nitrogens with one attached hydrogen (secondary N) is 1. The van der Waals surface area contributed by atoms with E-state index < -0.39 is 10.0 Å². The first-order valence-electron chi connectivity index (χ1n) is 7.51. The monoisotopic (exact) mass is 440 g/mol. The molecule has 0 aliphatic rings. The molecule has 27 heavy (non-hydrogen) atoms. The summed E-state index contributed by atoms with van der Waals surface area (Å²) in [6, 6.07) is 11.4. The summed E-state index contributed by atoms with van der Waals surface area (Å²) in [7, 11) is -4.04. The van der Waals surface area contributed by atoms with Crippen LogP contribution in [-0.2, 0) is 10.0 Å². The molecule has 1 N–H and O–H groups in total. The molecule has 0 aliphatic heterocycles. The van der Waals surface area contributed by atoms with Crippen LogP contribution < -0.4 is 4.72 Å². The van der Waals surface area contributed by atoms with Crippen LogP contribution in [0.25, 0.3) is 22.1 Å². The molecule has 3 heterocycles. The standard InChI is InChI=1S/C17H10Cl2N2O4S2/c18-10-4-1-5-11(19)16(10)27(22,23)21-17-20-14(12-6-2-8-24-12)15(26-17)13-7-3-9-25-13/h1-9H,(H,20,21). The first-order chi connectivity index (χ1) is 13.0. The van der Waals surface area contributed by atoms with Crippen molar-refractivity contribution < 1.29 is 17.3 Å². The van der Waals surface area contributed by atoms with Crippen molar-refractivity contribution in [1.82, 2.24) is 4.98 Å². The van der Waals surface area contributed by atoms with Gasteiger partial charge in [0.25, 0.3) is 10.0 Å². The molecule has 0 aliphatic carbocycles. The topological polar surface area (TPSA) is 85.3 Å². The molecular weight excluding hydrogens is 431 g/mol. The summed E-state index contributed by atoms with van der Waals surface area (Å²) in [4.78, 5) is 4.78. The lowest BCUT2D eigenvalue weighted by Gasteiger charge is -2.08. The van der Waals surface area contributed by atoms with Crippen LogP contribution in [0.5, 0.6) is 0 Å². The minimum Gasteiger partial charge on any atom is -0.463 e. The Balaban J connectivity index is 1.78. The third kappa shape index (κ3) is 3.49. The summed E-state index contributed by atoms with van der Waals surface area (Å²) < 4.78 is 38.8. The lowest BCUT2D eigenvalue weighted by Crippen LogP contribution is -2.13. The van der Waals surface area contributed by atoms with Gasteiger partial charge in [-0.2, -0.15) is 0 Å². The minimum atomic E-state index is -4.04. The Morgan fingerprint density at radius 3 is 2.15 bits per heavy atom. The van der Waals surface area contributed by atoms with Crippen LogP contribution in [0.15, 0.2) is 68.7 Å². The second-order valence-electron chi connectivity index (χ2n) is 5.31. The van der Waals surface area contributed by atoms with Gasteiger partial charge in [-0.25, -0.2) is 13.4 Å². The zero-order chi connectivity index (χ0) is 19.0. The van der Waals surface area contributed by atoms with Gasteiger partial charge in [0.15, 0.2) is 10.9 Å². The Morgan fingerprint density at radius 2 is 1.56 bits per heavy atom. The van der Waals surface area contributed by atoms with Crippen molar-refractivity contribution in [3.63, 3.8) is 0 Å². The molecule has 0 spiro atoms. The van der Waals surface area contributed by atoms with E-state index >= 15 is 0 Å². The molecular formula is C17H10Cl2N2O4S2. The molecule has 0 saturated heterocycles. The Kier molecular flexibility index (Phi) is 4.73. The number of thiazole rings is 1. The van der Waals surface area contributed by atoms with Crippen LogP contribution >= 0.6 is 34.5 Å². The highest BCUT2D eigenvalue weighted by molar-refractivity contribution is 7.93. The third-order valence-corrected chi connectivity index (χ3v) is 6.94. The molecule has 0 fully saturated rings. The Hall–Kier alpha value is -2.26. The minimum absolute atomic E-state index is 0.0177. The van der Waals surface area contributed by atoms with Crippen molar-refractivity contribution in [2.45, 2.75) is 4.90 Å². The Morgan fingerprint density at radius 1 is 0.926 bits per heavy atom. The third-order valence-electron chi connectivity index (χ3n) is 3.54. The number of rotatable bonds is 5. The van der Waals surface area contributed by atoms with Gasteiger partial charge in [0.2, 0.25) is 0 Å². The number of sulfonamides is 1. The van der Waals surface area contributed by atoms with E-state index in [9.17, 15) is 8.42 Å². The van der Waals surface area contributed by atoms with E-state index in [1.165, 1.54) is 24.7 Å². The van der Waals surface area contributed by atoms with E-state index in [-0.39, 0.29) is 20.1 Å². The van der Waals surface area contributed by atoms with Gasteiger partial charge in [-0.15, -0.1) is 0 Å². The SMILES string of the molecule is O=S(=O)(Nc1nc(-c2ccco2)c(-c2ccco2)s1)c1c(Cl)cccc1Cl. The maximum atomic E-state index is 12.8. The maximum absolute atomic E-state index is 12.8. The Bertz CT molecular complexity index is 1110. The van der Waals surface area contributed by atoms with Crippen molar-refractivity contribution in [1.29, 1.82) is 0 Å². The number of benzene rings is 1. The van der Waals surface area contributed by atoms with Crippen LogP contribution in [0.1, 0.15) is 0 Å². The van der Waals surface area contributed by atoms with Crippen molar-refractivity contribution >= 4 is 49.7 Å². The second kappa shape index (κ2) is 7.05. The largest absolute Gasteiger partial charge is 0.463 e. The zero-order valence-corrected chi connectivity index (χ0v) is 16.5. The van der Waals surface area contributed by atoms with Crippen LogP contribution in [0.2, 0.25) is 10.0 Å². The fourth-order valence-electron chi connectivity index (χ4n) is 2.42. The summed E-state index contributed by atoms with van der Waals surface area (Å²) in [5, 5.41) is 0.164. The van der Waals surface area contributed by atoms with E-state index in [0.29, 0.717) is 22.1 Å². The average Bonchev–Trinajstić information content (AvgIpc) is 3.35. The first-order valence-corrected chi connectivity index (χ1v) is 10.6. The summed E-state index contributed by atoms with van der Waals surface area (Å²) in [5.74, 6) is 1.03. The quantitative estimate of drug-likeness (QED) is 0.425. The van der Waals surface area contributed by atoms with E-state index in [1.54, 1.807) is 30.3 Å². The summed E-state index contributed by atoms with van der Waals surface area (Å²) >= 11 is 13.2. The van der Waals surface area contributed by atoms with Crippen molar-refractivity contribution in [3.8, 4) is 22.1 Å². The van der Waals surface area contributed by atoms with Crippen LogP contribution in [0.3, 0.4) is 0 Å². The molecule has 0 radical (unpaired) electrons. The molecule has 4 rings (SSSR count). The number of furan rings is 2. The van der Waals surface area contributed by atoms with Gasteiger partial charge in [0.1, 0.15) is 21.2 Å². The van der Waals surface area contributed by atoms with Gasteiger partial charge in [-0.1, -0.05) is 40.6 Å². The highest BCUT2D eigenvalue weighted by Gasteiger charge is 2.25. The highest BCUT2D eigenvalue weighted by Crippen LogP contribution is 2.40. The lowest BCUT2D eigenvalue weighted by molar-refractivity contribution is 0.575. The summed E-state index contributed by atoms with van der Waals surface area (Å²) in [5.41, 5.74) is 0.461. The molecule has 0 amide bonds. The van der Waals surface area contributed by atoms with E-state index in [0.717, 1.165) is 11.3 Å². The molecule has 4 aromatic rings. The fourth-order valence-corrected chi connectivity index (χ4v) is 5.74. The molecule has 138 valence electrons. The van der Waals surface area contributed by atoms with Gasteiger partial charge in [-0.3, -0.25) is 4.72 Å².